The molecule has 0 bridgehead atoms. The molecule has 0 saturated heterocycles. The fourth-order valence-corrected chi connectivity index (χ4v) is 1.38. The molecule has 0 spiro atoms. The summed E-state index contributed by atoms with van der Waals surface area (Å²) in [4.78, 5) is 33.4. The zero-order valence-electron chi connectivity index (χ0n) is 9.23. The Morgan fingerprint density at radius 1 is 1.18 bits per heavy atom. The zero-order chi connectivity index (χ0) is 12.8. The van der Waals surface area contributed by atoms with Crippen molar-refractivity contribution in [1.29, 1.82) is 0 Å². The van der Waals surface area contributed by atoms with Crippen LogP contribution in [-0.4, -0.2) is 24.6 Å². The molecule has 0 saturated carbocycles. The number of esters is 1. The van der Waals surface area contributed by atoms with Crippen LogP contribution in [-0.2, 0) is 25.5 Å². The standard InChI is InChI=1S/C12H11ClO4/c1-17-12(16)11(15)7-10(14)6-8-2-4-9(13)5-3-8/h2-5H,6-7H2,1H3. The third kappa shape index (κ3) is 4.36. The number of methoxy groups -OCH3 is 1. The molecule has 0 N–H and O–H groups in total. The molecule has 0 atom stereocenters. The van der Waals surface area contributed by atoms with Gasteiger partial charge in [0.05, 0.1) is 13.5 Å². The van der Waals surface area contributed by atoms with E-state index in [2.05, 4.69) is 4.74 Å². The van der Waals surface area contributed by atoms with E-state index in [0.717, 1.165) is 12.7 Å². The summed E-state index contributed by atoms with van der Waals surface area (Å²) in [5, 5.41) is 0.576. The lowest BCUT2D eigenvalue weighted by Crippen LogP contribution is -2.20. The predicted molar refractivity (Wildman–Crippen MR) is 61.8 cm³/mol. The zero-order valence-corrected chi connectivity index (χ0v) is 9.99. The van der Waals surface area contributed by atoms with Gasteiger partial charge in [0.2, 0.25) is 5.78 Å². The van der Waals surface area contributed by atoms with E-state index in [0.29, 0.717) is 5.02 Å². The first kappa shape index (κ1) is 13.4. The highest BCUT2D eigenvalue weighted by molar-refractivity contribution is 6.37. The fourth-order valence-electron chi connectivity index (χ4n) is 1.26. The number of carbonyl (C=O) groups excluding carboxylic acids is 3. The molecular weight excluding hydrogens is 244 g/mol. The van der Waals surface area contributed by atoms with Gasteiger partial charge in [-0.2, -0.15) is 0 Å². The van der Waals surface area contributed by atoms with Crippen molar-refractivity contribution in [2.45, 2.75) is 12.8 Å². The van der Waals surface area contributed by atoms with Crippen molar-refractivity contribution in [1.82, 2.24) is 0 Å². The summed E-state index contributed by atoms with van der Waals surface area (Å²) in [6, 6.07) is 6.71. The molecule has 1 aromatic carbocycles. The van der Waals surface area contributed by atoms with Crippen LogP contribution >= 0.6 is 11.6 Å². The molecule has 0 fully saturated rings. The van der Waals surface area contributed by atoms with Crippen LogP contribution in [0.3, 0.4) is 0 Å². The van der Waals surface area contributed by atoms with Crippen LogP contribution in [0.25, 0.3) is 0 Å². The van der Waals surface area contributed by atoms with Crippen molar-refractivity contribution in [3.63, 3.8) is 0 Å². The van der Waals surface area contributed by atoms with Crippen LogP contribution in [0, 0.1) is 0 Å². The van der Waals surface area contributed by atoms with E-state index < -0.39 is 18.2 Å². The second-order valence-electron chi connectivity index (χ2n) is 3.43. The summed E-state index contributed by atoms with van der Waals surface area (Å²) in [5.41, 5.74) is 0.747. The molecular formula is C12H11ClO4. The molecule has 1 rings (SSSR count). The van der Waals surface area contributed by atoms with Crippen LogP contribution in [0.15, 0.2) is 24.3 Å². The Hall–Kier alpha value is -1.68. The lowest BCUT2D eigenvalue weighted by atomic mass is 10.1. The van der Waals surface area contributed by atoms with E-state index in [9.17, 15) is 14.4 Å². The maximum Gasteiger partial charge on any atom is 0.374 e. The average molecular weight is 255 g/mol. The molecule has 0 aliphatic rings. The first-order valence-corrected chi connectivity index (χ1v) is 5.28. The normalized spacial score (nSPS) is 9.76. The Kier molecular flexibility index (Phi) is 4.84. The summed E-state index contributed by atoms with van der Waals surface area (Å²) < 4.78 is 4.22. The van der Waals surface area contributed by atoms with Crippen LogP contribution in [0.2, 0.25) is 5.02 Å². The fraction of sp³-hybridized carbons (Fsp3) is 0.250. The second-order valence-corrected chi connectivity index (χ2v) is 3.87. The van der Waals surface area contributed by atoms with Crippen molar-refractivity contribution < 1.29 is 19.1 Å². The van der Waals surface area contributed by atoms with Crippen LogP contribution in [0.5, 0.6) is 0 Å². The van der Waals surface area contributed by atoms with E-state index in [4.69, 9.17) is 11.6 Å². The largest absolute Gasteiger partial charge is 0.463 e. The molecule has 4 nitrogen and oxygen atoms in total. The number of Topliss-reactive ketones (excluding diaryl/α,β-unsaturated/α-hetero) is 2. The Bertz CT molecular complexity index is 436. The number of halogens is 1. The van der Waals surface area contributed by atoms with Gasteiger partial charge >= 0.3 is 5.97 Å². The van der Waals surface area contributed by atoms with Gasteiger partial charge in [-0.1, -0.05) is 23.7 Å². The SMILES string of the molecule is COC(=O)C(=O)CC(=O)Cc1ccc(Cl)cc1. The summed E-state index contributed by atoms with van der Waals surface area (Å²) >= 11 is 5.69. The number of rotatable bonds is 5. The van der Waals surface area contributed by atoms with Gasteiger partial charge in [0.15, 0.2) is 0 Å². The maximum absolute atomic E-state index is 11.5. The van der Waals surface area contributed by atoms with Gasteiger partial charge in [-0.25, -0.2) is 4.79 Å². The molecule has 17 heavy (non-hydrogen) atoms. The smallest absolute Gasteiger partial charge is 0.374 e. The molecule has 0 unspecified atom stereocenters. The van der Waals surface area contributed by atoms with Gasteiger partial charge in [0.1, 0.15) is 5.78 Å². The van der Waals surface area contributed by atoms with Crippen LogP contribution in [0.4, 0.5) is 0 Å². The molecule has 90 valence electrons. The van der Waals surface area contributed by atoms with Gasteiger partial charge in [0, 0.05) is 11.4 Å². The van der Waals surface area contributed by atoms with Crippen molar-refractivity contribution in [3.05, 3.63) is 34.9 Å². The number of hydrogen-bond donors (Lipinski definition) is 0. The van der Waals surface area contributed by atoms with E-state index in [1.54, 1.807) is 24.3 Å². The van der Waals surface area contributed by atoms with E-state index in [1.165, 1.54) is 0 Å². The third-order valence-corrected chi connectivity index (χ3v) is 2.34. The minimum absolute atomic E-state index is 0.0971. The molecule has 0 aromatic heterocycles. The maximum atomic E-state index is 11.5. The monoisotopic (exact) mass is 254 g/mol. The van der Waals surface area contributed by atoms with Crippen molar-refractivity contribution >= 4 is 29.1 Å². The molecule has 0 heterocycles. The number of ketones is 2. The topological polar surface area (TPSA) is 60.4 Å². The van der Waals surface area contributed by atoms with Crippen molar-refractivity contribution in [2.24, 2.45) is 0 Å². The Morgan fingerprint density at radius 2 is 1.76 bits per heavy atom. The van der Waals surface area contributed by atoms with Gasteiger partial charge in [-0.3, -0.25) is 9.59 Å². The average Bonchev–Trinajstić information content (AvgIpc) is 2.30. The van der Waals surface area contributed by atoms with Gasteiger partial charge in [0.25, 0.3) is 0 Å². The number of hydrogen-bond acceptors (Lipinski definition) is 4. The molecule has 0 aliphatic heterocycles. The second kappa shape index (κ2) is 6.15. The van der Waals surface area contributed by atoms with E-state index in [1.807, 2.05) is 0 Å². The molecule has 1 aromatic rings. The highest BCUT2D eigenvalue weighted by atomic mass is 35.5. The minimum atomic E-state index is -0.991. The van der Waals surface area contributed by atoms with E-state index in [-0.39, 0.29) is 12.2 Å². The predicted octanol–water partition coefficient (Wildman–Crippen LogP) is 1.58. The number of carbonyl (C=O) groups is 3. The van der Waals surface area contributed by atoms with E-state index >= 15 is 0 Å². The Balaban J connectivity index is 2.53. The molecule has 5 heteroatoms. The third-order valence-electron chi connectivity index (χ3n) is 2.09. The molecule has 0 amide bonds. The van der Waals surface area contributed by atoms with Gasteiger partial charge in [-0.15, -0.1) is 0 Å². The first-order chi connectivity index (χ1) is 8.02. The van der Waals surface area contributed by atoms with Gasteiger partial charge in [-0.05, 0) is 17.7 Å². The number of ether oxygens (including phenoxy) is 1. The minimum Gasteiger partial charge on any atom is -0.463 e. The summed E-state index contributed by atoms with van der Waals surface area (Å²) in [6.07, 6.45) is -0.338. The molecule has 0 aliphatic carbocycles. The highest BCUT2D eigenvalue weighted by Crippen LogP contribution is 2.10. The first-order valence-electron chi connectivity index (χ1n) is 4.90. The molecule has 0 radical (unpaired) electrons. The van der Waals surface area contributed by atoms with Crippen molar-refractivity contribution in [2.75, 3.05) is 7.11 Å². The van der Waals surface area contributed by atoms with Crippen LogP contribution in [0.1, 0.15) is 12.0 Å². The summed E-state index contributed by atoms with van der Waals surface area (Å²) in [7, 11) is 1.10. The highest BCUT2D eigenvalue weighted by Gasteiger charge is 2.18. The van der Waals surface area contributed by atoms with Crippen molar-refractivity contribution in [3.8, 4) is 0 Å². The Labute approximate surface area is 104 Å². The quantitative estimate of drug-likeness (QED) is 0.455. The van der Waals surface area contributed by atoms with Crippen LogP contribution < -0.4 is 0 Å². The lowest BCUT2D eigenvalue weighted by Gasteiger charge is -2.00. The van der Waals surface area contributed by atoms with Gasteiger partial charge < -0.3 is 4.74 Å². The summed E-state index contributed by atoms with van der Waals surface area (Å²) in [6.45, 7) is 0. The lowest BCUT2D eigenvalue weighted by molar-refractivity contribution is -0.152. The number of benzene rings is 1. The summed E-state index contributed by atoms with van der Waals surface area (Å²) in [5.74, 6) is -2.15. The Morgan fingerprint density at radius 3 is 2.29 bits per heavy atom.